The van der Waals surface area contributed by atoms with Gasteiger partial charge in [0.15, 0.2) is 5.78 Å². The molecule has 1 amide bonds. The van der Waals surface area contributed by atoms with Gasteiger partial charge in [0.1, 0.15) is 0 Å². The van der Waals surface area contributed by atoms with Crippen molar-refractivity contribution in [2.45, 2.75) is 31.2 Å². The van der Waals surface area contributed by atoms with Gasteiger partial charge in [-0.15, -0.1) is 0 Å². The lowest BCUT2D eigenvalue weighted by Gasteiger charge is -2.49. The summed E-state index contributed by atoms with van der Waals surface area (Å²) in [5.74, 6) is -0.0979. The molecule has 7 nitrogen and oxygen atoms in total. The van der Waals surface area contributed by atoms with E-state index in [4.69, 9.17) is 4.74 Å². The standard InChI is InChI=1S/C20H30N4O3/c1-23-9-6-20(7-10-23,24-11-13-27-14-12-24)16-22-19(26)5-4-18(25)17-3-2-8-21-15-17/h2-3,8,15H,4-7,9-14,16H2,1H3,(H,22,26). The lowest BCUT2D eigenvalue weighted by atomic mass is 9.85. The van der Waals surface area contributed by atoms with Crippen molar-refractivity contribution in [1.29, 1.82) is 0 Å². The average molecular weight is 374 g/mol. The van der Waals surface area contributed by atoms with Crippen molar-refractivity contribution in [3.8, 4) is 0 Å². The highest BCUT2D eigenvalue weighted by atomic mass is 16.5. The number of Topliss-reactive ketones (excluding diaryl/α,β-unsaturated/α-hetero) is 1. The van der Waals surface area contributed by atoms with E-state index in [1.165, 1.54) is 0 Å². The van der Waals surface area contributed by atoms with Crippen molar-refractivity contribution in [1.82, 2.24) is 20.1 Å². The number of ketones is 1. The van der Waals surface area contributed by atoms with E-state index < -0.39 is 0 Å². The molecule has 0 bridgehead atoms. The smallest absolute Gasteiger partial charge is 0.220 e. The van der Waals surface area contributed by atoms with Crippen LogP contribution in [0.15, 0.2) is 24.5 Å². The van der Waals surface area contributed by atoms with Gasteiger partial charge in [0.05, 0.1) is 13.2 Å². The summed E-state index contributed by atoms with van der Waals surface area (Å²) in [6.07, 6.45) is 5.69. The van der Waals surface area contributed by atoms with E-state index in [1.807, 2.05) is 0 Å². The van der Waals surface area contributed by atoms with Gasteiger partial charge in [-0.05, 0) is 45.1 Å². The number of carbonyl (C=O) groups excluding carboxylic acids is 2. The number of piperidine rings is 1. The summed E-state index contributed by atoms with van der Waals surface area (Å²) in [6, 6.07) is 3.47. The Hall–Kier alpha value is -1.83. The van der Waals surface area contributed by atoms with Gasteiger partial charge in [-0.1, -0.05) is 0 Å². The quantitative estimate of drug-likeness (QED) is 0.717. The van der Waals surface area contributed by atoms with E-state index in [1.54, 1.807) is 24.5 Å². The van der Waals surface area contributed by atoms with Crippen LogP contribution in [0, 0.1) is 0 Å². The molecule has 2 saturated heterocycles. The van der Waals surface area contributed by atoms with Gasteiger partial charge >= 0.3 is 0 Å². The van der Waals surface area contributed by atoms with Crippen LogP contribution in [0.4, 0.5) is 0 Å². The molecule has 2 fully saturated rings. The van der Waals surface area contributed by atoms with Crippen LogP contribution in [0.25, 0.3) is 0 Å². The molecule has 0 unspecified atom stereocenters. The van der Waals surface area contributed by atoms with E-state index in [2.05, 4.69) is 27.1 Å². The predicted molar refractivity (Wildman–Crippen MR) is 103 cm³/mol. The van der Waals surface area contributed by atoms with Crippen LogP contribution in [-0.4, -0.2) is 85.0 Å². The Morgan fingerprint density at radius 1 is 1.19 bits per heavy atom. The van der Waals surface area contributed by atoms with Crippen LogP contribution >= 0.6 is 0 Å². The second-order valence-corrected chi connectivity index (χ2v) is 7.57. The van der Waals surface area contributed by atoms with Gasteiger partial charge in [-0.3, -0.25) is 19.5 Å². The summed E-state index contributed by atoms with van der Waals surface area (Å²) >= 11 is 0. The van der Waals surface area contributed by atoms with Crippen LogP contribution in [0.3, 0.4) is 0 Å². The lowest BCUT2D eigenvalue weighted by Crippen LogP contribution is -2.62. The Morgan fingerprint density at radius 2 is 1.93 bits per heavy atom. The maximum absolute atomic E-state index is 12.4. The number of nitrogens with zero attached hydrogens (tertiary/aromatic N) is 3. The van der Waals surface area contributed by atoms with Crippen molar-refractivity contribution in [2.75, 3.05) is 53.0 Å². The molecule has 0 spiro atoms. The topological polar surface area (TPSA) is 74.8 Å². The number of amides is 1. The molecule has 0 aromatic carbocycles. The third-order valence-corrected chi connectivity index (χ3v) is 5.78. The average Bonchev–Trinajstić information content (AvgIpc) is 2.73. The van der Waals surface area contributed by atoms with Crippen molar-refractivity contribution < 1.29 is 14.3 Å². The van der Waals surface area contributed by atoms with Crippen LogP contribution in [0.5, 0.6) is 0 Å². The zero-order valence-electron chi connectivity index (χ0n) is 16.2. The summed E-state index contributed by atoms with van der Waals surface area (Å²) in [7, 11) is 2.14. The summed E-state index contributed by atoms with van der Waals surface area (Å²) in [6.45, 7) is 6.05. The number of hydrogen-bond donors (Lipinski definition) is 1. The number of morpholine rings is 1. The monoisotopic (exact) mass is 374 g/mol. The van der Waals surface area contributed by atoms with Crippen LogP contribution in [-0.2, 0) is 9.53 Å². The number of aromatic nitrogens is 1. The molecule has 2 aliphatic rings. The van der Waals surface area contributed by atoms with Gasteiger partial charge in [0, 0.05) is 56.0 Å². The minimum Gasteiger partial charge on any atom is -0.379 e. The number of nitrogens with one attached hydrogen (secondary N) is 1. The second-order valence-electron chi connectivity index (χ2n) is 7.57. The van der Waals surface area contributed by atoms with Crippen LogP contribution < -0.4 is 5.32 Å². The maximum Gasteiger partial charge on any atom is 0.220 e. The van der Waals surface area contributed by atoms with Crippen molar-refractivity contribution in [3.63, 3.8) is 0 Å². The van der Waals surface area contributed by atoms with E-state index >= 15 is 0 Å². The molecule has 0 radical (unpaired) electrons. The SMILES string of the molecule is CN1CCC(CNC(=O)CCC(=O)c2cccnc2)(N2CCOCC2)CC1. The van der Waals surface area contributed by atoms with Crippen LogP contribution in [0.1, 0.15) is 36.0 Å². The fourth-order valence-corrected chi connectivity index (χ4v) is 3.93. The van der Waals surface area contributed by atoms with Crippen LogP contribution in [0.2, 0.25) is 0 Å². The Morgan fingerprint density at radius 3 is 2.59 bits per heavy atom. The molecule has 0 saturated carbocycles. The first-order chi connectivity index (χ1) is 13.1. The molecule has 148 valence electrons. The van der Waals surface area contributed by atoms with E-state index in [0.29, 0.717) is 12.1 Å². The molecule has 0 atom stereocenters. The maximum atomic E-state index is 12.4. The first-order valence-corrected chi connectivity index (χ1v) is 9.80. The van der Waals surface area contributed by atoms with Gasteiger partial charge in [0.25, 0.3) is 0 Å². The number of carbonyl (C=O) groups is 2. The van der Waals surface area contributed by atoms with E-state index in [0.717, 1.165) is 52.2 Å². The van der Waals surface area contributed by atoms with Gasteiger partial charge in [-0.25, -0.2) is 0 Å². The number of rotatable bonds is 7. The summed E-state index contributed by atoms with van der Waals surface area (Å²) < 4.78 is 5.51. The van der Waals surface area contributed by atoms with Crippen molar-refractivity contribution >= 4 is 11.7 Å². The predicted octanol–water partition coefficient (Wildman–Crippen LogP) is 0.957. The molecular weight excluding hydrogens is 344 g/mol. The van der Waals surface area contributed by atoms with Gasteiger partial charge < -0.3 is 15.0 Å². The molecule has 1 N–H and O–H groups in total. The molecular formula is C20H30N4O3. The molecule has 0 aliphatic carbocycles. The molecule has 1 aromatic rings. The number of ether oxygens (including phenoxy) is 1. The highest BCUT2D eigenvalue weighted by molar-refractivity contribution is 5.97. The third kappa shape index (κ3) is 5.34. The number of likely N-dealkylation sites (tertiary alicyclic amines) is 1. The lowest BCUT2D eigenvalue weighted by molar-refractivity contribution is -0.122. The fourth-order valence-electron chi connectivity index (χ4n) is 3.93. The number of pyridine rings is 1. The van der Waals surface area contributed by atoms with E-state index in [-0.39, 0.29) is 30.1 Å². The zero-order chi connectivity index (χ0) is 19.1. The highest BCUT2D eigenvalue weighted by Crippen LogP contribution is 2.29. The largest absolute Gasteiger partial charge is 0.379 e. The Kier molecular flexibility index (Phi) is 6.93. The molecule has 2 aliphatic heterocycles. The molecule has 27 heavy (non-hydrogen) atoms. The molecule has 1 aromatic heterocycles. The third-order valence-electron chi connectivity index (χ3n) is 5.78. The summed E-state index contributed by atoms with van der Waals surface area (Å²) in [5, 5.41) is 3.10. The first kappa shape index (κ1) is 19.9. The molecule has 3 rings (SSSR count). The summed E-state index contributed by atoms with van der Waals surface area (Å²) in [4.78, 5) is 33.3. The highest BCUT2D eigenvalue weighted by Gasteiger charge is 2.40. The first-order valence-electron chi connectivity index (χ1n) is 9.80. The summed E-state index contributed by atoms with van der Waals surface area (Å²) in [5.41, 5.74) is 0.560. The Balaban J connectivity index is 1.52. The minimum atomic E-state index is -0.0567. The number of hydrogen-bond acceptors (Lipinski definition) is 6. The minimum absolute atomic E-state index is 0.000686. The normalized spacial score (nSPS) is 20.9. The van der Waals surface area contributed by atoms with Crippen molar-refractivity contribution in [2.24, 2.45) is 0 Å². The Labute approximate surface area is 161 Å². The second kappa shape index (κ2) is 9.39. The van der Waals surface area contributed by atoms with Gasteiger partial charge in [-0.2, -0.15) is 0 Å². The Bertz CT molecular complexity index is 623. The molecule has 3 heterocycles. The van der Waals surface area contributed by atoms with E-state index in [9.17, 15) is 9.59 Å². The van der Waals surface area contributed by atoms with Gasteiger partial charge in [0.2, 0.25) is 5.91 Å². The zero-order valence-corrected chi connectivity index (χ0v) is 16.2. The van der Waals surface area contributed by atoms with Crippen molar-refractivity contribution in [3.05, 3.63) is 30.1 Å². The molecule has 7 heteroatoms. The fraction of sp³-hybridized carbons (Fsp3) is 0.650.